The number of rotatable bonds is 14. The molecule has 6 heteroatoms. The lowest BCUT2D eigenvalue weighted by molar-refractivity contribution is -0.122. The van der Waals surface area contributed by atoms with Crippen LogP contribution in [0.25, 0.3) is 0 Å². The number of hydrogen-bond donors (Lipinski definition) is 1. The Kier molecular flexibility index (Phi) is 11.2. The largest absolute Gasteiger partial charge is 0.491 e. The Balaban J connectivity index is 1.38. The second kappa shape index (κ2) is 14.4. The molecule has 2 unspecified atom stereocenters. The highest BCUT2D eigenvalue weighted by Crippen LogP contribution is 2.16. The third kappa shape index (κ3) is 10.1. The van der Waals surface area contributed by atoms with Crippen LogP contribution < -0.4 is 15.4 Å². The summed E-state index contributed by atoms with van der Waals surface area (Å²) in [5, 5.41) is 4.46. The number of ether oxygens (including phenoxy) is 1. The number of carbonyl (C=O) groups is 2. The lowest BCUT2D eigenvalue weighted by atomic mass is 10.0. The molecule has 190 valence electrons. The normalized spacial score (nSPS) is 14.7. The average Bonchev–Trinajstić information content (AvgIpc) is 3.33. The van der Waals surface area contributed by atoms with E-state index in [1.165, 1.54) is 23.7 Å². The molecule has 2 atom stereocenters. The number of likely N-dealkylation sites (tertiary alicyclic amines) is 1. The molecule has 35 heavy (non-hydrogen) atoms. The highest BCUT2D eigenvalue weighted by Gasteiger charge is 2.19. The van der Waals surface area contributed by atoms with Crippen LogP contribution >= 0.6 is 9.24 Å². The molecule has 1 N–H and O–H groups in total. The van der Waals surface area contributed by atoms with Crippen molar-refractivity contribution >= 4 is 26.2 Å². The van der Waals surface area contributed by atoms with E-state index in [0.29, 0.717) is 12.8 Å². The van der Waals surface area contributed by atoms with Crippen LogP contribution in [-0.2, 0) is 11.2 Å². The molecule has 1 amide bonds. The molecule has 1 aliphatic heterocycles. The minimum atomic E-state index is 0.115. The van der Waals surface area contributed by atoms with Gasteiger partial charge in [-0.3, -0.25) is 9.59 Å². The Morgan fingerprint density at radius 2 is 1.60 bits per heavy atom. The highest BCUT2D eigenvalue weighted by atomic mass is 31.0. The molecule has 2 aromatic rings. The lowest BCUT2D eigenvalue weighted by Crippen LogP contribution is -2.44. The van der Waals surface area contributed by atoms with Crippen molar-refractivity contribution in [2.24, 2.45) is 0 Å². The van der Waals surface area contributed by atoms with E-state index in [2.05, 4.69) is 43.7 Å². The van der Waals surface area contributed by atoms with Crippen molar-refractivity contribution in [3.63, 3.8) is 0 Å². The summed E-state index contributed by atoms with van der Waals surface area (Å²) in [5.41, 5.74) is 1.97. The monoisotopic (exact) mass is 496 g/mol. The number of Topliss-reactive ketones (excluding diaryl/α,β-unsaturated/α-hetero) is 1. The molecule has 0 saturated carbocycles. The van der Waals surface area contributed by atoms with Crippen molar-refractivity contribution in [3.05, 3.63) is 59.7 Å². The maximum absolute atomic E-state index is 12.7. The fourth-order valence-corrected chi connectivity index (χ4v) is 4.75. The van der Waals surface area contributed by atoms with Gasteiger partial charge in [0, 0.05) is 31.0 Å². The van der Waals surface area contributed by atoms with Gasteiger partial charge in [0.15, 0.2) is 5.78 Å². The number of amides is 1. The summed E-state index contributed by atoms with van der Waals surface area (Å²) >= 11 is 0. The molecule has 5 nitrogen and oxygen atoms in total. The zero-order chi connectivity index (χ0) is 25.0. The van der Waals surface area contributed by atoms with Crippen LogP contribution in [-0.4, -0.2) is 48.4 Å². The molecule has 3 rings (SSSR count). The van der Waals surface area contributed by atoms with Gasteiger partial charge in [-0.05, 0) is 94.2 Å². The number of benzene rings is 2. The van der Waals surface area contributed by atoms with Crippen LogP contribution in [0.1, 0.15) is 74.7 Å². The van der Waals surface area contributed by atoms with Crippen molar-refractivity contribution in [2.45, 2.75) is 77.4 Å². The Bertz CT molecular complexity index is 922. The van der Waals surface area contributed by atoms with Gasteiger partial charge in [-0.1, -0.05) is 30.7 Å². The number of carbonyl (C=O) groups excluding carboxylic acids is 2. The van der Waals surface area contributed by atoms with Crippen LogP contribution in [0, 0.1) is 0 Å². The molecular formula is C29H41N2O3P. The second-order valence-electron chi connectivity index (χ2n) is 9.89. The molecule has 1 saturated heterocycles. The van der Waals surface area contributed by atoms with E-state index in [4.69, 9.17) is 4.74 Å². The molecule has 2 aromatic carbocycles. The van der Waals surface area contributed by atoms with Gasteiger partial charge in [0.1, 0.15) is 5.75 Å². The maximum atomic E-state index is 12.7. The molecule has 1 heterocycles. The SMILES string of the molecule is CC(C)Oc1ccc(C(=O)CCCCCC(=O)NC(Cc2ccc(P)cc2)CN2CCCC2)cc1. The maximum Gasteiger partial charge on any atom is 0.220 e. The van der Waals surface area contributed by atoms with Crippen molar-refractivity contribution in [2.75, 3.05) is 19.6 Å². The molecule has 1 fully saturated rings. The van der Waals surface area contributed by atoms with E-state index in [9.17, 15) is 9.59 Å². The zero-order valence-electron chi connectivity index (χ0n) is 21.3. The van der Waals surface area contributed by atoms with E-state index in [1.807, 2.05) is 38.1 Å². The summed E-state index contributed by atoms with van der Waals surface area (Å²) in [6.45, 7) is 7.12. The molecule has 0 aliphatic carbocycles. The van der Waals surface area contributed by atoms with Gasteiger partial charge >= 0.3 is 0 Å². The fourth-order valence-electron chi connectivity index (χ4n) is 4.56. The topological polar surface area (TPSA) is 58.6 Å². The van der Waals surface area contributed by atoms with Crippen molar-refractivity contribution in [3.8, 4) is 5.75 Å². The van der Waals surface area contributed by atoms with E-state index in [-0.39, 0.29) is 23.8 Å². The van der Waals surface area contributed by atoms with Gasteiger partial charge in [0.05, 0.1) is 6.10 Å². The van der Waals surface area contributed by atoms with Crippen LogP contribution in [0.2, 0.25) is 0 Å². The minimum Gasteiger partial charge on any atom is -0.491 e. The van der Waals surface area contributed by atoms with E-state index < -0.39 is 0 Å². The Labute approximate surface area is 213 Å². The number of unbranched alkanes of at least 4 members (excludes halogenated alkanes) is 2. The van der Waals surface area contributed by atoms with Crippen LogP contribution in [0.4, 0.5) is 0 Å². The standard InChI is InChI=1S/C29H41N2O3P/c1-22(2)34-26-14-12-24(13-15-26)28(32)8-4-3-5-9-29(33)30-25(21-31-18-6-7-19-31)20-23-10-16-27(35)17-11-23/h10-17,22,25H,3-9,18-21,35H2,1-2H3,(H,30,33). The summed E-state index contributed by atoms with van der Waals surface area (Å²) < 4.78 is 5.63. The van der Waals surface area contributed by atoms with Crippen LogP contribution in [0.15, 0.2) is 48.5 Å². The van der Waals surface area contributed by atoms with E-state index >= 15 is 0 Å². The Hall–Kier alpha value is -2.23. The quantitative estimate of drug-likeness (QED) is 0.229. The van der Waals surface area contributed by atoms with Crippen LogP contribution in [0.5, 0.6) is 5.75 Å². The first kappa shape index (κ1) is 27.4. The molecular weight excluding hydrogens is 455 g/mol. The smallest absolute Gasteiger partial charge is 0.220 e. The van der Waals surface area contributed by atoms with Crippen molar-refractivity contribution in [1.29, 1.82) is 0 Å². The second-order valence-corrected chi connectivity index (χ2v) is 10.6. The van der Waals surface area contributed by atoms with Crippen molar-refractivity contribution < 1.29 is 14.3 Å². The molecule has 0 radical (unpaired) electrons. The van der Waals surface area contributed by atoms with Crippen molar-refractivity contribution in [1.82, 2.24) is 10.2 Å². The third-order valence-electron chi connectivity index (χ3n) is 6.36. The number of hydrogen-bond acceptors (Lipinski definition) is 4. The zero-order valence-corrected chi connectivity index (χ0v) is 22.5. The van der Waals surface area contributed by atoms with Gasteiger partial charge in [-0.25, -0.2) is 0 Å². The first-order chi connectivity index (χ1) is 16.9. The van der Waals surface area contributed by atoms with Gasteiger partial charge in [-0.15, -0.1) is 9.24 Å². The molecule has 0 aromatic heterocycles. The fraction of sp³-hybridized carbons (Fsp3) is 0.517. The number of ketones is 1. The first-order valence-corrected chi connectivity index (χ1v) is 13.6. The van der Waals surface area contributed by atoms with Gasteiger partial charge in [0.2, 0.25) is 5.91 Å². The van der Waals surface area contributed by atoms with Gasteiger partial charge in [-0.2, -0.15) is 0 Å². The number of nitrogens with one attached hydrogen (secondary N) is 1. The summed E-state index contributed by atoms with van der Waals surface area (Å²) in [4.78, 5) is 27.6. The predicted molar refractivity (Wildman–Crippen MR) is 147 cm³/mol. The minimum absolute atomic E-state index is 0.115. The molecule has 0 bridgehead atoms. The molecule has 0 spiro atoms. The average molecular weight is 497 g/mol. The molecule has 1 aliphatic rings. The third-order valence-corrected chi connectivity index (χ3v) is 6.74. The van der Waals surface area contributed by atoms with Crippen LogP contribution in [0.3, 0.4) is 0 Å². The summed E-state index contributed by atoms with van der Waals surface area (Å²) in [6, 6.07) is 16.0. The number of nitrogens with zero attached hydrogens (tertiary/aromatic N) is 1. The summed E-state index contributed by atoms with van der Waals surface area (Å²) in [5.74, 6) is 1.05. The predicted octanol–water partition coefficient (Wildman–Crippen LogP) is 4.93. The highest BCUT2D eigenvalue weighted by molar-refractivity contribution is 7.27. The van der Waals surface area contributed by atoms with Gasteiger partial charge < -0.3 is 15.0 Å². The van der Waals surface area contributed by atoms with Gasteiger partial charge in [0.25, 0.3) is 0 Å². The van der Waals surface area contributed by atoms with E-state index in [0.717, 1.165) is 56.6 Å². The Morgan fingerprint density at radius 3 is 2.26 bits per heavy atom. The lowest BCUT2D eigenvalue weighted by Gasteiger charge is -2.25. The Morgan fingerprint density at radius 1 is 0.943 bits per heavy atom. The summed E-state index contributed by atoms with van der Waals surface area (Å²) in [7, 11) is 2.72. The first-order valence-electron chi connectivity index (χ1n) is 13.0. The summed E-state index contributed by atoms with van der Waals surface area (Å²) in [6.07, 6.45) is 6.96. The van der Waals surface area contributed by atoms with E-state index in [1.54, 1.807) is 0 Å².